The second kappa shape index (κ2) is 9.63. The maximum absolute atomic E-state index is 12.8. The van der Waals surface area contributed by atoms with Gasteiger partial charge < -0.3 is 10.6 Å². The van der Waals surface area contributed by atoms with Gasteiger partial charge in [0.25, 0.3) is 0 Å². The van der Waals surface area contributed by atoms with Gasteiger partial charge in [-0.3, -0.25) is 9.59 Å². The fourth-order valence-electron chi connectivity index (χ4n) is 5.32. The van der Waals surface area contributed by atoms with Crippen LogP contribution in [0, 0.1) is 5.92 Å². The Morgan fingerprint density at radius 1 is 0.971 bits per heavy atom. The van der Waals surface area contributed by atoms with E-state index in [9.17, 15) is 9.59 Å². The molecule has 7 heteroatoms. The highest BCUT2D eigenvalue weighted by Gasteiger charge is 2.21. The summed E-state index contributed by atoms with van der Waals surface area (Å²) in [5.41, 5.74) is 5.32. The Morgan fingerprint density at radius 3 is 2.66 bits per heavy atom. The third-order valence-corrected chi connectivity index (χ3v) is 9.25. The normalized spacial score (nSPS) is 15.5. The minimum atomic E-state index is -0.0339. The molecule has 2 N–H and O–H groups in total. The van der Waals surface area contributed by atoms with E-state index in [1.54, 1.807) is 11.3 Å². The van der Waals surface area contributed by atoms with Crippen molar-refractivity contribution in [1.82, 2.24) is 4.98 Å². The van der Waals surface area contributed by atoms with Crippen molar-refractivity contribution >= 4 is 67.3 Å². The largest absolute Gasteiger partial charge is 0.326 e. The maximum atomic E-state index is 12.8. The van der Waals surface area contributed by atoms with Crippen molar-refractivity contribution in [1.29, 1.82) is 0 Å². The molecule has 2 amide bonds. The number of hydrogen-bond donors (Lipinski definition) is 2. The standard InChI is InChI=1S/C28H27N3O2S2/c32-25(30-22-13-11-18-10-9-17-7-4-8-21(22)26(17)18)16-34-28-31-23-14-12-20(15-24(23)35-28)29-27(33)19-5-2-1-3-6-19/h4,7-8,11-15,19H,1-3,5-6,9-10,16H2,(H,29,33)(H,30,32). The summed E-state index contributed by atoms with van der Waals surface area (Å²) in [5, 5.41) is 8.61. The number of benzene rings is 3. The summed E-state index contributed by atoms with van der Waals surface area (Å²) < 4.78 is 1.87. The van der Waals surface area contributed by atoms with Gasteiger partial charge in [-0.2, -0.15) is 0 Å². The predicted octanol–water partition coefficient (Wildman–Crippen LogP) is 6.80. The van der Waals surface area contributed by atoms with E-state index in [0.29, 0.717) is 5.75 Å². The van der Waals surface area contributed by atoms with Crippen LogP contribution in [0.5, 0.6) is 0 Å². The summed E-state index contributed by atoms with van der Waals surface area (Å²) in [6, 6.07) is 16.4. The Bertz CT molecular complexity index is 1430. The highest BCUT2D eigenvalue weighted by Crippen LogP contribution is 2.36. The average molecular weight is 502 g/mol. The summed E-state index contributed by atoms with van der Waals surface area (Å²) in [7, 11) is 0. The highest BCUT2D eigenvalue weighted by molar-refractivity contribution is 8.01. The lowest BCUT2D eigenvalue weighted by Gasteiger charge is -2.20. The number of thiazole rings is 1. The number of hydrogen-bond acceptors (Lipinski definition) is 5. The van der Waals surface area contributed by atoms with Gasteiger partial charge in [-0.05, 0) is 66.5 Å². The maximum Gasteiger partial charge on any atom is 0.234 e. The second-order valence-electron chi connectivity index (χ2n) is 9.44. The first-order valence-electron chi connectivity index (χ1n) is 12.3. The van der Waals surface area contributed by atoms with Crippen LogP contribution in [0.4, 0.5) is 11.4 Å². The lowest BCUT2D eigenvalue weighted by Crippen LogP contribution is -2.24. The molecule has 1 heterocycles. The van der Waals surface area contributed by atoms with E-state index in [-0.39, 0.29) is 17.7 Å². The Morgan fingerprint density at radius 2 is 1.80 bits per heavy atom. The molecule has 0 atom stereocenters. The van der Waals surface area contributed by atoms with Gasteiger partial charge in [0, 0.05) is 22.7 Å². The van der Waals surface area contributed by atoms with Crippen LogP contribution in [0.25, 0.3) is 21.0 Å². The van der Waals surface area contributed by atoms with Crippen LogP contribution < -0.4 is 10.6 Å². The van der Waals surface area contributed by atoms with Crippen molar-refractivity contribution in [2.45, 2.75) is 49.3 Å². The highest BCUT2D eigenvalue weighted by atomic mass is 32.2. The molecule has 6 rings (SSSR count). The summed E-state index contributed by atoms with van der Waals surface area (Å²) >= 11 is 3.01. The van der Waals surface area contributed by atoms with Crippen LogP contribution >= 0.6 is 23.1 Å². The molecule has 5 nitrogen and oxygen atoms in total. The molecule has 0 unspecified atom stereocenters. The van der Waals surface area contributed by atoms with Gasteiger partial charge >= 0.3 is 0 Å². The number of aromatic nitrogens is 1. The number of nitrogens with zero attached hydrogens (tertiary/aromatic N) is 1. The van der Waals surface area contributed by atoms with Crippen LogP contribution in [0.2, 0.25) is 0 Å². The summed E-state index contributed by atoms with van der Waals surface area (Å²) in [6.07, 6.45) is 7.63. The number of aryl methyl sites for hydroxylation is 2. The van der Waals surface area contributed by atoms with E-state index in [1.165, 1.54) is 34.7 Å². The average Bonchev–Trinajstić information content (AvgIpc) is 3.49. The number of thioether (sulfide) groups is 1. The molecule has 35 heavy (non-hydrogen) atoms. The van der Waals surface area contributed by atoms with Gasteiger partial charge in [0.1, 0.15) is 0 Å². The smallest absolute Gasteiger partial charge is 0.234 e. The van der Waals surface area contributed by atoms with Crippen molar-refractivity contribution in [3.63, 3.8) is 0 Å². The van der Waals surface area contributed by atoms with Crippen LogP contribution in [-0.4, -0.2) is 22.6 Å². The molecule has 0 spiro atoms. The molecule has 178 valence electrons. The zero-order valence-corrected chi connectivity index (χ0v) is 21.1. The Balaban J connectivity index is 1.10. The predicted molar refractivity (Wildman–Crippen MR) is 146 cm³/mol. The summed E-state index contributed by atoms with van der Waals surface area (Å²) in [6.45, 7) is 0. The number of rotatable bonds is 6. The lowest BCUT2D eigenvalue weighted by atomic mass is 9.88. The monoisotopic (exact) mass is 501 g/mol. The van der Waals surface area contributed by atoms with E-state index in [2.05, 4.69) is 39.9 Å². The molecule has 1 fully saturated rings. The van der Waals surface area contributed by atoms with Gasteiger partial charge in [-0.15, -0.1) is 11.3 Å². The first-order chi connectivity index (χ1) is 17.1. The molecule has 2 aliphatic rings. The molecular formula is C28H27N3O2S2. The fourth-order valence-corrected chi connectivity index (χ4v) is 7.23. The Hall–Kier alpha value is -2.90. The molecule has 0 aliphatic heterocycles. The van der Waals surface area contributed by atoms with Gasteiger partial charge in [-0.1, -0.05) is 55.3 Å². The third-order valence-electron chi connectivity index (χ3n) is 7.09. The molecule has 1 saturated carbocycles. The number of amides is 2. The van der Waals surface area contributed by atoms with Crippen LogP contribution in [0.15, 0.2) is 52.9 Å². The Labute approximate surface area is 212 Å². The Kier molecular flexibility index (Phi) is 6.20. The van der Waals surface area contributed by atoms with E-state index in [4.69, 9.17) is 0 Å². The van der Waals surface area contributed by atoms with Crippen molar-refractivity contribution in [3.05, 3.63) is 59.7 Å². The fraction of sp³-hybridized carbons (Fsp3) is 0.321. The van der Waals surface area contributed by atoms with Gasteiger partial charge in [-0.25, -0.2) is 4.98 Å². The van der Waals surface area contributed by atoms with Crippen molar-refractivity contribution in [3.8, 4) is 0 Å². The molecule has 0 bridgehead atoms. The summed E-state index contributed by atoms with van der Waals surface area (Å²) in [5.74, 6) is 0.522. The minimum absolute atomic E-state index is 0.0339. The van der Waals surface area contributed by atoms with Gasteiger partial charge in [0.15, 0.2) is 4.34 Å². The third kappa shape index (κ3) is 4.67. The summed E-state index contributed by atoms with van der Waals surface area (Å²) in [4.78, 5) is 30.0. The van der Waals surface area contributed by atoms with Gasteiger partial charge in [0.2, 0.25) is 11.8 Å². The topological polar surface area (TPSA) is 71.1 Å². The number of anilines is 2. The van der Waals surface area contributed by atoms with Crippen LogP contribution in [0.1, 0.15) is 43.2 Å². The van der Waals surface area contributed by atoms with E-state index >= 15 is 0 Å². The zero-order valence-electron chi connectivity index (χ0n) is 19.4. The number of carbonyl (C=O) groups is 2. The van der Waals surface area contributed by atoms with Crippen LogP contribution in [0.3, 0.4) is 0 Å². The molecule has 4 aromatic rings. The molecular weight excluding hydrogens is 474 g/mol. The minimum Gasteiger partial charge on any atom is -0.326 e. The number of fused-ring (bicyclic) bond motifs is 1. The quantitative estimate of drug-likeness (QED) is 0.285. The van der Waals surface area contributed by atoms with Crippen molar-refractivity contribution in [2.24, 2.45) is 5.92 Å². The molecule has 3 aromatic carbocycles. The zero-order chi connectivity index (χ0) is 23.8. The van der Waals surface area contributed by atoms with Crippen LogP contribution in [-0.2, 0) is 22.4 Å². The molecule has 0 saturated heterocycles. The number of carbonyl (C=O) groups excluding carboxylic acids is 2. The molecule has 1 aromatic heterocycles. The first kappa shape index (κ1) is 22.6. The van der Waals surface area contributed by atoms with E-state index < -0.39 is 0 Å². The first-order valence-corrected chi connectivity index (χ1v) is 14.1. The molecule has 0 radical (unpaired) electrons. The van der Waals surface area contributed by atoms with E-state index in [1.807, 2.05) is 24.3 Å². The van der Waals surface area contributed by atoms with Gasteiger partial charge in [0.05, 0.1) is 16.0 Å². The van der Waals surface area contributed by atoms with Crippen molar-refractivity contribution < 1.29 is 9.59 Å². The second-order valence-corrected chi connectivity index (χ2v) is 11.7. The molecule has 2 aliphatic carbocycles. The lowest BCUT2D eigenvalue weighted by molar-refractivity contribution is -0.120. The number of nitrogens with one attached hydrogen (secondary N) is 2. The SMILES string of the molecule is O=C(CSc1nc2ccc(NC(=O)C3CCCCC3)cc2s1)Nc1ccc2c3c(cccc13)CC2. The van der Waals surface area contributed by atoms with Crippen molar-refractivity contribution in [2.75, 3.05) is 16.4 Å². The van der Waals surface area contributed by atoms with E-state index in [0.717, 1.165) is 69.8 Å².